The second-order valence-electron chi connectivity index (χ2n) is 6.41. The van der Waals surface area contributed by atoms with Crippen LogP contribution in [0.25, 0.3) is 0 Å². The molecule has 0 saturated heterocycles. The normalized spacial score (nSPS) is 16.3. The van der Waals surface area contributed by atoms with Crippen LogP contribution in [-0.2, 0) is 4.79 Å². The smallest absolute Gasteiger partial charge is 0.220 e. The lowest BCUT2D eigenvalue weighted by Crippen LogP contribution is -2.39. The van der Waals surface area contributed by atoms with Gasteiger partial charge in [0.25, 0.3) is 0 Å². The zero-order chi connectivity index (χ0) is 15.8. The second kappa shape index (κ2) is 9.78. The molecule has 23 heavy (non-hydrogen) atoms. The summed E-state index contributed by atoms with van der Waals surface area (Å²) in [6.45, 7) is 3.65. The largest absolute Gasteiger partial charge is 0.491 e. The molecule has 1 fully saturated rings. The Bertz CT molecular complexity index is 488. The number of ether oxygens (including phenoxy) is 1. The molecule has 0 atom stereocenters. The molecule has 4 nitrogen and oxygen atoms in total. The first kappa shape index (κ1) is 19.8. The lowest BCUT2D eigenvalue weighted by molar-refractivity contribution is -0.124. The molecule has 0 aliphatic heterocycles. The number of aryl methyl sites for hydroxylation is 1. The SMILES string of the molecule is Cc1ccccc1OCCNC(=O)CC1(CN)CCCCC1.Cl. The first-order valence-electron chi connectivity index (χ1n) is 8.30. The molecule has 1 aromatic rings. The Kier molecular flexibility index (Phi) is 8.42. The highest BCUT2D eigenvalue weighted by Gasteiger charge is 2.32. The average molecular weight is 341 g/mol. The fourth-order valence-corrected chi connectivity index (χ4v) is 3.23. The van der Waals surface area contributed by atoms with E-state index in [1.54, 1.807) is 0 Å². The van der Waals surface area contributed by atoms with E-state index in [-0.39, 0.29) is 23.7 Å². The predicted molar refractivity (Wildman–Crippen MR) is 96.1 cm³/mol. The lowest BCUT2D eigenvalue weighted by atomic mass is 9.72. The Balaban J connectivity index is 0.00000264. The van der Waals surface area contributed by atoms with Crippen molar-refractivity contribution in [3.8, 4) is 5.75 Å². The Hall–Kier alpha value is -1.26. The van der Waals surface area contributed by atoms with Crippen LogP contribution in [0.1, 0.15) is 44.1 Å². The summed E-state index contributed by atoms with van der Waals surface area (Å²) in [5.41, 5.74) is 7.07. The molecule has 1 amide bonds. The number of amides is 1. The Morgan fingerprint density at radius 1 is 1.26 bits per heavy atom. The van der Waals surface area contributed by atoms with Crippen molar-refractivity contribution in [2.75, 3.05) is 19.7 Å². The maximum absolute atomic E-state index is 12.1. The van der Waals surface area contributed by atoms with Crippen LogP contribution in [0.5, 0.6) is 5.75 Å². The third-order valence-electron chi connectivity index (χ3n) is 4.66. The van der Waals surface area contributed by atoms with Gasteiger partial charge in [0.1, 0.15) is 12.4 Å². The van der Waals surface area contributed by atoms with Crippen molar-refractivity contribution in [3.63, 3.8) is 0 Å². The van der Waals surface area contributed by atoms with E-state index >= 15 is 0 Å². The number of carbonyl (C=O) groups excluding carboxylic acids is 1. The summed E-state index contributed by atoms with van der Waals surface area (Å²) >= 11 is 0. The first-order chi connectivity index (χ1) is 10.7. The van der Waals surface area contributed by atoms with Crippen LogP contribution < -0.4 is 15.8 Å². The van der Waals surface area contributed by atoms with Crippen molar-refractivity contribution in [2.24, 2.45) is 11.1 Å². The molecule has 0 bridgehead atoms. The van der Waals surface area contributed by atoms with Gasteiger partial charge in [-0.25, -0.2) is 0 Å². The predicted octanol–water partition coefficient (Wildman–Crippen LogP) is 3.21. The van der Waals surface area contributed by atoms with Gasteiger partial charge in [-0.15, -0.1) is 12.4 Å². The fourth-order valence-electron chi connectivity index (χ4n) is 3.23. The molecule has 0 unspecified atom stereocenters. The molecule has 0 aromatic heterocycles. The topological polar surface area (TPSA) is 64.3 Å². The van der Waals surface area contributed by atoms with Gasteiger partial charge in [0, 0.05) is 6.42 Å². The monoisotopic (exact) mass is 340 g/mol. The number of hydrogen-bond acceptors (Lipinski definition) is 3. The number of halogens is 1. The molecule has 1 aromatic carbocycles. The number of nitrogens with two attached hydrogens (primary N) is 1. The summed E-state index contributed by atoms with van der Waals surface area (Å²) in [4.78, 5) is 12.1. The minimum atomic E-state index is 0. The van der Waals surface area contributed by atoms with Gasteiger partial charge in [-0.2, -0.15) is 0 Å². The maximum Gasteiger partial charge on any atom is 0.220 e. The van der Waals surface area contributed by atoms with Gasteiger partial charge in [-0.3, -0.25) is 4.79 Å². The van der Waals surface area contributed by atoms with Crippen LogP contribution in [0.4, 0.5) is 0 Å². The van der Waals surface area contributed by atoms with E-state index in [0.29, 0.717) is 26.1 Å². The van der Waals surface area contributed by atoms with Gasteiger partial charge < -0.3 is 15.8 Å². The molecule has 0 radical (unpaired) electrons. The second-order valence-corrected chi connectivity index (χ2v) is 6.41. The Morgan fingerprint density at radius 2 is 1.96 bits per heavy atom. The molecule has 1 saturated carbocycles. The molecule has 3 N–H and O–H groups in total. The summed E-state index contributed by atoms with van der Waals surface area (Å²) in [5, 5.41) is 2.96. The van der Waals surface area contributed by atoms with Crippen LogP contribution >= 0.6 is 12.4 Å². The zero-order valence-corrected chi connectivity index (χ0v) is 14.8. The lowest BCUT2D eigenvalue weighted by Gasteiger charge is -2.35. The van der Waals surface area contributed by atoms with Crippen molar-refractivity contribution in [1.29, 1.82) is 0 Å². The third kappa shape index (κ3) is 6.04. The van der Waals surface area contributed by atoms with Crippen LogP contribution in [0.15, 0.2) is 24.3 Å². The Morgan fingerprint density at radius 3 is 2.61 bits per heavy atom. The molecular weight excluding hydrogens is 312 g/mol. The van der Waals surface area contributed by atoms with Crippen molar-refractivity contribution >= 4 is 18.3 Å². The molecule has 5 heteroatoms. The number of rotatable bonds is 7. The van der Waals surface area contributed by atoms with Crippen LogP contribution in [0.2, 0.25) is 0 Å². The molecule has 1 aliphatic carbocycles. The fraction of sp³-hybridized carbons (Fsp3) is 0.611. The number of nitrogens with one attached hydrogen (secondary N) is 1. The van der Waals surface area contributed by atoms with Gasteiger partial charge in [0.15, 0.2) is 0 Å². The van der Waals surface area contributed by atoms with Gasteiger partial charge >= 0.3 is 0 Å². The van der Waals surface area contributed by atoms with E-state index in [2.05, 4.69) is 5.32 Å². The third-order valence-corrected chi connectivity index (χ3v) is 4.66. The Labute approximate surface area is 145 Å². The number of benzene rings is 1. The first-order valence-corrected chi connectivity index (χ1v) is 8.30. The maximum atomic E-state index is 12.1. The molecular formula is C18H29ClN2O2. The van der Waals surface area contributed by atoms with Crippen molar-refractivity contribution in [1.82, 2.24) is 5.32 Å². The standard InChI is InChI=1S/C18H28N2O2.ClH/c1-15-7-3-4-8-16(15)22-12-11-20-17(21)13-18(14-19)9-5-2-6-10-18;/h3-4,7-8H,2,5-6,9-14,19H2,1H3,(H,20,21);1H. The van der Waals surface area contributed by atoms with Gasteiger partial charge in [-0.05, 0) is 43.4 Å². The van der Waals surface area contributed by atoms with Crippen LogP contribution in [0, 0.1) is 12.3 Å². The molecule has 130 valence electrons. The van der Waals surface area contributed by atoms with Crippen LogP contribution in [0.3, 0.4) is 0 Å². The van der Waals surface area contributed by atoms with Crippen molar-refractivity contribution in [3.05, 3.63) is 29.8 Å². The van der Waals surface area contributed by atoms with Gasteiger partial charge in [0.2, 0.25) is 5.91 Å². The summed E-state index contributed by atoms with van der Waals surface area (Å²) < 4.78 is 5.69. The number of para-hydroxylation sites is 1. The highest BCUT2D eigenvalue weighted by atomic mass is 35.5. The van der Waals surface area contributed by atoms with Crippen molar-refractivity contribution < 1.29 is 9.53 Å². The van der Waals surface area contributed by atoms with E-state index < -0.39 is 0 Å². The molecule has 0 heterocycles. The zero-order valence-electron chi connectivity index (χ0n) is 14.0. The van der Waals surface area contributed by atoms with E-state index in [9.17, 15) is 4.79 Å². The summed E-state index contributed by atoms with van der Waals surface area (Å²) in [7, 11) is 0. The van der Waals surface area contributed by atoms with Crippen molar-refractivity contribution in [2.45, 2.75) is 45.4 Å². The average Bonchev–Trinajstić information content (AvgIpc) is 2.54. The van der Waals surface area contributed by atoms with E-state index in [4.69, 9.17) is 10.5 Å². The summed E-state index contributed by atoms with van der Waals surface area (Å²) in [5.74, 6) is 0.975. The van der Waals surface area contributed by atoms with E-state index in [1.807, 2.05) is 31.2 Å². The quantitative estimate of drug-likeness (QED) is 0.749. The highest BCUT2D eigenvalue weighted by molar-refractivity contribution is 5.85. The van der Waals surface area contributed by atoms with Gasteiger partial charge in [-0.1, -0.05) is 37.5 Å². The number of carbonyl (C=O) groups is 1. The molecule has 0 spiro atoms. The summed E-state index contributed by atoms with van der Waals surface area (Å²) in [6.07, 6.45) is 6.37. The summed E-state index contributed by atoms with van der Waals surface area (Å²) in [6, 6.07) is 7.90. The minimum Gasteiger partial charge on any atom is -0.491 e. The minimum absolute atomic E-state index is 0. The van der Waals surface area contributed by atoms with E-state index in [0.717, 1.165) is 24.2 Å². The molecule has 1 aliphatic rings. The van der Waals surface area contributed by atoms with Gasteiger partial charge in [0.05, 0.1) is 6.54 Å². The van der Waals surface area contributed by atoms with Crippen LogP contribution in [-0.4, -0.2) is 25.6 Å². The van der Waals surface area contributed by atoms with E-state index in [1.165, 1.54) is 19.3 Å². The highest BCUT2D eigenvalue weighted by Crippen LogP contribution is 2.38. The molecule has 2 rings (SSSR count). The number of hydrogen-bond donors (Lipinski definition) is 2.